The van der Waals surface area contributed by atoms with Crippen LogP contribution >= 0.6 is 0 Å². The van der Waals surface area contributed by atoms with Crippen LogP contribution in [0.25, 0.3) is 0 Å². The van der Waals surface area contributed by atoms with E-state index >= 15 is 0 Å². The van der Waals surface area contributed by atoms with Crippen LogP contribution in [0.4, 0.5) is 0 Å². The molecule has 0 aromatic heterocycles. The van der Waals surface area contributed by atoms with Crippen molar-refractivity contribution < 1.29 is 0 Å². The second-order valence-corrected chi connectivity index (χ2v) is 3.72. The van der Waals surface area contributed by atoms with Gasteiger partial charge < -0.3 is 33.6 Å². The molecular formula is C11H32N6. The minimum Gasteiger partial charge on any atom is -0.330 e. The van der Waals surface area contributed by atoms with Crippen LogP contribution in [0.3, 0.4) is 0 Å². The molecule has 0 aromatic rings. The number of nitrogens with two attached hydrogens (primary N) is 4. The lowest BCUT2D eigenvalue weighted by molar-refractivity contribution is 0.631. The van der Waals surface area contributed by atoms with Gasteiger partial charge in [0.05, 0.1) is 0 Å². The van der Waals surface area contributed by atoms with Gasteiger partial charge in [-0.15, -0.1) is 0 Å². The zero-order valence-electron chi connectivity index (χ0n) is 11.1. The highest BCUT2D eigenvalue weighted by Crippen LogP contribution is 1.72. The van der Waals surface area contributed by atoms with Crippen LogP contribution in [0.1, 0.15) is 19.3 Å². The molecule has 0 unspecified atom stereocenters. The molecule has 0 aliphatic rings. The average Bonchev–Trinajstić information content (AvgIpc) is 2.36. The fourth-order valence-electron chi connectivity index (χ4n) is 1.03. The lowest BCUT2D eigenvalue weighted by atomic mass is 10.4. The van der Waals surface area contributed by atoms with Gasteiger partial charge in [-0.3, -0.25) is 0 Å². The molecule has 0 rings (SSSR count). The van der Waals surface area contributed by atoms with Crippen molar-refractivity contribution in [3.63, 3.8) is 0 Å². The molecule has 0 atom stereocenters. The zero-order valence-corrected chi connectivity index (χ0v) is 11.1. The van der Waals surface area contributed by atoms with Gasteiger partial charge in [0.2, 0.25) is 0 Å². The number of rotatable bonds is 11. The summed E-state index contributed by atoms with van der Waals surface area (Å²) in [5, 5.41) is 6.36. The summed E-state index contributed by atoms with van der Waals surface area (Å²) in [4.78, 5) is 0. The summed E-state index contributed by atoms with van der Waals surface area (Å²) in [7, 11) is 0. The number of hydrogen-bond acceptors (Lipinski definition) is 6. The van der Waals surface area contributed by atoms with Gasteiger partial charge in [-0.25, -0.2) is 0 Å². The fourth-order valence-corrected chi connectivity index (χ4v) is 1.03. The largest absolute Gasteiger partial charge is 0.330 e. The first-order chi connectivity index (χ1) is 8.33. The van der Waals surface area contributed by atoms with E-state index in [1.807, 2.05) is 0 Å². The molecule has 6 nitrogen and oxygen atoms in total. The van der Waals surface area contributed by atoms with Crippen LogP contribution in [-0.4, -0.2) is 52.4 Å². The lowest BCUT2D eigenvalue weighted by Gasteiger charge is -2.00. The maximum Gasteiger partial charge on any atom is 0.00745 e. The highest BCUT2D eigenvalue weighted by atomic mass is 14.9. The Morgan fingerprint density at radius 1 is 0.471 bits per heavy atom. The van der Waals surface area contributed by atoms with E-state index in [0.29, 0.717) is 6.54 Å². The van der Waals surface area contributed by atoms with Gasteiger partial charge in [0.15, 0.2) is 0 Å². The summed E-state index contributed by atoms with van der Waals surface area (Å²) in [6.07, 6.45) is 3.16. The minimum atomic E-state index is 0.713. The molecule has 0 aliphatic heterocycles. The maximum absolute atomic E-state index is 5.28. The molecule has 0 aliphatic carbocycles. The van der Waals surface area contributed by atoms with Gasteiger partial charge in [-0.1, -0.05) is 0 Å². The van der Waals surface area contributed by atoms with E-state index in [0.717, 1.165) is 65.1 Å². The van der Waals surface area contributed by atoms with Crippen molar-refractivity contribution in [3.8, 4) is 0 Å². The zero-order chi connectivity index (χ0) is 13.2. The summed E-state index contributed by atoms with van der Waals surface area (Å²) < 4.78 is 0. The monoisotopic (exact) mass is 248 g/mol. The van der Waals surface area contributed by atoms with Gasteiger partial charge >= 0.3 is 0 Å². The Labute approximate surface area is 106 Å². The molecule has 17 heavy (non-hydrogen) atoms. The van der Waals surface area contributed by atoms with Gasteiger partial charge in [-0.2, -0.15) is 0 Å². The Bertz CT molecular complexity index is 100. The van der Waals surface area contributed by atoms with Crippen LogP contribution in [0, 0.1) is 0 Å². The molecule has 10 N–H and O–H groups in total. The molecule has 0 radical (unpaired) electrons. The smallest absolute Gasteiger partial charge is 0.00745 e. The van der Waals surface area contributed by atoms with E-state index in [4.69, 9.17) is 22.9 Å². The van der Waals surface area contributed by atoms with Crippen LogP contribution in [-0.2, 0) is 0 Å². The lowest BCUT2D eigenvalue weighted by Crippen LogP contribution is -2.24. The molecule has 0 heterocycles. The predicted molar refractivity (Wildman–Crippen MR) is 75.8 cm³/mol. The van der Waals surface area contributed by atoms with Crippen molar-refractivity contribution >= 4 is 0 Å². The minimum absolute atomic E-state index is 0.713. The Kier molecular flexibility index (Phi) is 23.7. The molecule has 0 spiro atoms. The van der Waals surface area contributed by atoms with Gasteiger partial charge in [0, 0.05) is 13.1 Å². The van der Waals surface area contributed by atoms with E-state index in [2.05, 4.69) is 10.6 Å². The normalized spacial score (nSPS) is 9.88. The molecule has 0 aromatic carbocycles. The first-order valence-corrected chi connectivity index (χ1v) is 6.55. The third kappa shape index (κ3) is 25.8. The summed E-state index contributed by atoms with van der Waals surface area (Å²) in [6.45, 7) is 6.97. The van der Waals surface area contributed by atoms with Crippen molar-refractivity contribution in [2.75, 3.05) is 52.4 Å². The average molecular weight is 248 g/mol. The van der Waals surface area contributed by atoms with Crippen molar-refractivity contribution in [2.45, 2.75) is 19.3 Å². The quantitative estimate of drug-likeness (QED) is 0.238. The van der Waals surface area contributed by atoms with Crippen LogP contribution in [0.15, 0.2) is 0 Å². The summed E-state index contributed by atoms with van der Waals surface area (Å²) >= 11 is 0. The number of hydrogen-bond donors (Lipinski definition) is 6. The van der Waals surface area contributed by atoms with Crippen molar-refractivity contribution in [1.82, 2.24) is 10.6 Å². The Hall–Kier alpha value is -0.240. The predicted octanol–water partition coefficient (Wildman–Crippen LogP) is -1.84. The molecule has 106 valence electrons. The van der Waals surface area contributed by atoms with Crippen molar-refractivity contribution in [1.29, 1.82) is 0 Å². The molecule has 0 fully saturated rings. The Balaban J connectivity index is 0. The summed E-state index contributed by atoms with van der Waals surface area (Å²) in [5.74, 6) is 0. The first-order valence-electron chi connectivity index (χ1n) is 6.55. The molecule has 6 heteroatoms. The highest BCUT2D eigenvalue weighted by molar-refractivity contribution is 4.48. The molecule has 0 saturated carbocycles. The third-order valence-corrected chi connectivity index (χ3v) is 1.99. The van der Waals surface area contributed by atoms with E-state index < -0.39 is 0 Å². The van der Waals surface area contributed by atoms with Crippen LogP contribution in [0.2, 0.25) is 0 Å². The highest BCUT2D eigenvalue weighted by Gasteiger charge is 1.83. The molecular weight excluding hydrogens is 216 g/mol. The molecule has 0 saturated heterocycles. The second kappa shape index (κ2) is 21.1. The Morgan fingerprint density at radius 2 is 0.824 bits per heavy atom. The standard InChI is InChI=1S/C6H17N3.C5H15N3/c7-3-1-5-9-6-2-4-8;6-2-1-4-8-5-3-7/h9H,1-8H2;8H,1-7H2. The van der Waals surface area contributed by atoms with Crippen LogP contribution in [0.5, 0.6) is 0 Å². The second-order valence-electron chi connectivity index (χ2n) is 3.72. The van der Waals surface area contributed by atoms with Gasteiger partial charge in [-0.05, 0) is 58.5 Å². The SMILES string of the molecule is NCCCNCCCN.NCCCNCCN. The van der Waals surface area contributed by atoms with Crippen LogP contribution < -0.4 is 33.6 Å². The van der Waals surface area contributed by atoms with E-state index in [1.165, 1.54) is 0 Å². The van der Waals surface area contributed by atoms with E-state index in [9.17, 15) is 0 Å². The van der Waals surface area contributed by atoms with E-state index in [-0.39, 0.29) is 0 Å². The van der Waals surface area contributed by atoms with Gasteiger partial charge in [0.1, 0.15) is 0 Å². The summed E-state index contributed by atoms with van der Waals surface area (Å²) in [6, 6.07) is 0. The topological polar surface area (TPSA) is 128 Å². The third-order valence-electron chi connectivity index (χ3n) is 1.99. The maximum atomic E-state index is 5.28. The molecule has 0 amide bonds. The van der Waals surface area contributed by atoms with Gasteiger partial charge in [0.25, 0.3) is 0 Å². The molecule has 0 bridgehead atoms. The fraction of sp³-hybridized carbons (Fsp3) is 1.00. The van der Waals surface area contributed by atoms with Crippen molar-refractivity contribution in [3.05, 3.63) is 0 Å². The van der Waals surface area contributed by atoms with E-state index in [1.54, 1.807) is 0 Å². The first kappa shape index (κ1) is 19.1. The summed E-state index contributed by atoms with van der Waals surface area (Å²) in [5.41, 5.74) is 21.0. The Morgan fingerprint density at radius 3 is 1.12 bits per heavy atom. The van der Waals surface area contributed by atoms with Crippen molar-refractivity contribution in [2.24, 2.45) is 22.9 Å². The number of nitrogens with one attached hydrogen (secondary N) is 2.